The monoisotopic (exact) mass is 494 g/mol. The van der Waals surface area contributed by atoms with Crippen LogP contribution in [0, 0.1) is 0 Å². The van der Waals surface area contributed by atoms with E-state index in [0.717, 1.165) is 31.6 Å². The van der Waals surface area contributed by atoms with E-state index in [1.54, 1.807) is 0 Å². The number of hydrogen-bond acceptors (Lipinski definition) is 2. The zero-order valence-corrected chi connectivity index (χ0v) is 16.2. The quantitative estimate of drug-likeness (QED) is 0.466. The highest BCUT2D eigenvalue weighted by molar-refractivity contribution is 9.11. The van der Waals surface area contributed by atoms with E-state index in [1.807, 2.05) is 30.3 Å². The standard InChI is InChI=1S/C15H10Br3ClO2/c16-11-5-8(19)1-2-9(11)15(18)10-6-13-14(7-12(10)17)21-4-3-20-13/h1-2,5-7,15H,3-4H2. The molecule has 1 heterocycles. The summed E-state index contributed by atoms with van der Waals surface area (Å²) in [5, 5.41) is 0.701. The average Bonchev–Trinajstić information content (AvgIpc) is 2.46. The number of rotatable bonds is 2. The van der Waals surface area contributed by atoms with E-state index < -0.39 is 0 Å². The molecule has 110 valence electrons. The second-order valence-corrected chi connectivity index (χ2v) is 7.61. The highest BCUT2D eigenvalue weighted by Crippen LogP contribution is 2.44. The molecule has 0 amide bonds. The molecule has 1 aliphatic heterocycles. The molecular weight excluding hydrogens is 487 g/mol. The summed E-state index contributed by atoms with van der Waals surface area (Å²) in [5.74, 6) is 1.54. The van der Waals surface area contributed by atoms with Crippen molar-refractivity contribution >= 4 is 59.4 Å². The number of hydrogen-bond donors (Lipinski definition) is 0. The molecule has 0 N–H and O–H groups in total. The highest BCUT2D eigenvalue weighted by Gasteiger charge is 2.21. The summed E-state index contributed by atoms with van der Waals surface area (Å²) in [6.07, 6.45) is 0. The van der Waals surface area contributed by atoms with Crippen LogP contribution in [-0.4, -0.2) is 13.2 Å². The Hall–Kier alpha value is -0.230. The van der Waals surface area contributed by atoms with Crippen molar-refractivity contribution in [2.75, 3.05) is 13.2 Å². The van der Waals surface area contributed by atoms with Crippen LogP contribution in [0.25, 0.3) is 0 Å². The number of fused-ring (bicyclic) bond motifs is 1. The van der Waals surface area contributed by atoms with Crippen molar-refractivity contribution in [1.82, 2.24) is 0 Å². The summed E-state index contributed by atoms with van der Waals surface area (Å²) in [6.45, 7) is 1.16. The fourth-order valence-corrected chi connectivity index (χ4v) is 5.00. The minimum absolute atomic E-state index is 0.00865. The number of alkyl halides is 1. The molecule has 0 spiro atoms. The third kappa shape index (κ3) is 3.26. The van der Waals surface area contributed by atoms with Gasteiger partial charge in [0.05, 0.1) is 4.83 Å². The summed E-state index contributed by atoms with van der Waals surface area (Å²) in [4.78, 5) is 0.00865. The van der Waals surface area contributed by atoms with Gasteiger partial charge in [0, 0.05) is 14.0 Å². The van der Waals surface area contributed by atoms with Crippen molar-refractivity contribution in [3.05, 3.63) is 55.4 Å². The first kappa shape index (κ1) is 15.7. The molecule has 0 aromatic heterocycles. The third-order valence-electron chi connectivity index (χ3n) is 3.17. The first-order chi connectivity index (χ1) is 10.1. The second-order valence-electron chi connectivity index (χ2n) is 4.55. The summed E-state index contributed by atoms with van der Waals surface area (Å²) in [7, 11) is 0. The molecule has 0 fully saturated rings. The molecule has 1 atom stereocenters. The SMILES string of the molecule is Clc1ccc(C(Br)c2cc3c(cc2Br)OCCO3)c(Br)c1. The molecule has 2 aromatic rings. The number of ether oxygens (including phenoxy) is 2. The van der Waals surface area contributed by atoms with Gasteiger partial charge in [0.2, 0.25) is 0 Å². The molecule has 0 saturated carbocycles. The van der Waals surface area contributed by atoms with Crippen LogP contribution in [0.5, 0.6) is 11.5 Å². The smallest absolute Gasteiger partial charge is 0.162 e. The Morgan fingerprint density at radius 3 is 2.19 bits per heavy atom. The predicted octanol–water partition coefficient (Wildman–Crippen LogP) is 6.12. The molecule has 0 radical (unpaired) electrons. The minimum atomic E-state index is 0.00865. The van der Waals surface area contributed by atoms with Crippen LogP contribution in [-0.2, 0) is 0 Å². The van der Waals surface area contributed by atoms with Gasteiger partial charge in [0.25, 0.3) is 0 Å². The zero-order chi connectivity index (χ0) is 15.0. The first-order valence-corrected chi connectivity index (χ1v) is 9.12. The molecule has 3 rings (SSSR count). The largest absolute Gasteiger partial charge is 0.486 e. The van der Waals surface area contributed by atoms with Crippen molar-refractivity contribution in [1.29, 1.82) is 0 Å². The Morgan fingerprint density at radius 2 is 1.52 bits per heavy atom. The number of benzene rings is 2. The van der Waals surface area contributed by atoms with Crippen LogP contribution in [0.4, 0.5) is 0 Å². The van der Waals surface area contributed by atoms with Crippen molar-refractivity contribution in [2.45, 2.75) is 4.83 Å². The summed E-state index contributed by atoms with van der Waals surface area (Å²) in [5.41, 5.74) is 2.17. The Morgan fingerprint density at radius 1 is 0.905 bits per heavy atom. The van der Waals surface area contributed by atoms with Crippen molar-refractivity contribution < 1.29 is 9.47 Å². The van der Waals surface area contributed by atoms with Crippen molar-refractivity contribution in [3.63, 3.8) is 0 Å². The Labute approximate surface area is 153 Å². The molecule has 2 aromatic carbocycles. The van der Waals surface area contributed by atoms with Crippen molar-refractivity contribution in [2.24, 2.45) is 0 Å². The van der Waals surface area contributed by atoms with Crippen LogP contribution >= 0.6 is 59.4 Å². The lowest BCUT2D eigenvalue weighted by Gasteiger charge is -2.22. The highest BCUT2D eigenvalue weighted by atomic mass is 79.9. The fraction of sp³-hybridized carbons (Fsp3) is 0.200. The van der Waals surface area contributed by atoms with E-state index in [2.05, 4.69) is 47.8 Å². The van der Waals surface area contributed by atoms with Gasteiger partial charge in [-0.15, -0.1) is 0 Å². The molecule has 0 saturated heterocycles. The molecule has 21 heavy (non-hydrogen) atoms. The van der Waals surface area contributed by atoms with Gasteiger partial charge in [-0.25, -0.2) is 0 Å². The summed E-state index contributed by atoms with van der Waals surface area (Å²) >= 11 is 16.9. The van der Waals surface area contributed by atoms with Gasteiger partial charge >= 0.3 is 0 Å². The fourth-order valence-electron chi connectivity index (χ4n) is 2.15. The lowest BCUT2D eigenvalue weighted by molar-refractivity contribution is 0.171. The molecule has 0 bridgehead atoms. The first-order valence-electron chi connectivity index (χ1n) is 6.24. The van der Waals surface area contributed by atoms with E-state index in [1.165, 1.54) is 0 Å². The topological polar surface area (TPSA) is 18.5 Å². The van der Waals surface area contributed by atoms with E-state index >= 15 is 0 Å². The normalized spacial score (nSPS) is 14.9. The zero-order valence-electron chi connectivity index (χ0n) is 10.7. The molecule has 1 unspecified atom stereocenters. The lowest BCUT2D eigenvalue weighted by atomic mass is 10.0. The average molecular weight is 497 g/mol. The second kappa shape index (κ2) is 6.49. The van der Waals surface area contributed by atoms with Crippen LogP contribution in [0.2, 0.25) is 5.02 Å². The maximum absolute atomic E-state index is 6.00. The van der Waals surface area contributed by atoms with E-state index in [4.69, 9.17) is 21.1 Å². The Kier molecular flexibility index (Phi) is 4.84. The van der Waals surface area contributed by atoms with Crippen LogP contribution in [0.15, 0.2) is 39.3 Å². The van der Waals surface area contributed by atoms with Crippen molar-refractivity contribution in [3.8, 4) is 11.5 Å². The van der Waals surface area contributed by atoms with Gasteiger partial charge in [0.1, 0.15) is 13.2 Å². The molecule has 2 nitrogen and oxygen atoms in total. The minimum Gasteiger partial charge on any atom is -0.486 e. The maximum Gasteiger partial charge on any atom is 0.162 e. The Balaban J connectivity index is 2.03. The molecule has 0 aliphatic carbocycles. The Bertz CT molecular complexity index is 691. The molecule has 6 heteroatoms. The predicted molar refractivity (Wildman–Crippen MR) is 95.1 cm³/mol. The van der Waals surface area contributed by atoms with Gasteiger partial charge in [-0.3, -0.25) is 0 Å². The van der Waals surface area contributed by atoms with Crippen LogP contribution < -0.4 is 9.47 Å². The molecular formula is C15H10Br3ClO2. The summed E-state index contributed by atoms with van der Waals surface area (Å²) < 4.78 is 13.2. The van der Waals surface area contributed by atoms with E-state index in [9.17, 15) is 0 Å². The van der Waals surface area contributed by atoms with Crippen LogP contribution in [0.1, 0.15) is 16.0 Å². The molecule has 1 aliphatic rings. The van der Waals surface area contributed by atoms with Gasteiger partial charge in [-0.05, 0) is 35.4 Å². The van der Waals surface area contributed by atoms with Gasteiger partial charge < -0.3 is 9.47 Å². The van der Waals surface area contributed by atoms with E-state index in [0.29, 0.717) is 18.2 Å². The van der Waals surface area contributed by atoms with E-state index in [-0.39, 0.29) is 4.83 Å². The summed E-state index contributed by atoms with van der Waals surface area (Å²) in [6, 6.07) is 9.70. The van der Waals surface area contributed by atoms with Gasteiger partial charge in [0.15, 0.2) is 11.5 Å². The lowest BCUT2D eigenvalue weighted by Crippen LogP contribution is -2.15. The van der Waals surface area contributed by atoms with Gasteiger partial charge in [-0.1, -0.05) is 65.5 Å². The van der Waals surface area contributed by atoms with Crippen LogP contribution in [0.3, 0.4) is 0 Å². The van der Waals surface area contributed by atoms with Gasteiger partial charge in [-0.2, -0.15) is 0 Å². The third-order valence-corrected chi connectivity index (χ3v) is 5.77. The maximum atomic E-state index is 6.00. The number of halogens is 4.